The molecular formula is C54H111Al2O12P3. The molecule has 71 heavy (non-hydrogen) atoms. The van der Waals surface area contributed by atoms with Crippen LogP contribution < -0.4 is 29.4 Å². The monoisotopic (exact) mass is 1100 g/mol. The van der Waals surface area contributed by atoms with Gasteiger partial charge in [-0.3, -0.25) is 0 Å². The van der Waals surface area contributed by atoms with E-state index in [0.717, 1.165) is 38.5 Å². The molecule has 0 aliphatic carbocycles. The first-order chi connectivity index (χ1) is 33.2. The second kappa shape index (κ2) is 65.7. The van der Waals surface area contributed by atoms with Crippen LogP contribution in [0.5, 0.6) is 0 Å². The molecule has 0 aromatic rings. The summed E-state index contributed by atoms with van der Waals surface area (Å²) in [5.41, 5.74) is 0. The van der Waals surface area contributed by atoms with Gasteiger partial charge in [0.25, 0.3) is 0 Å². The van der Waals surface area contributed by atoms with Gasteiger partial charge in [0.15, 0.2) is 0 Å². The van der Waals surface area contributed by atoms with Crippen LogP contribution in [0.15, 0.2) is 0 Å². The zero-order valence-corrected chi connectivity index (χ0v) is 51.5. The molecule has 0 aliphatic rings. The first-order valence-corrected chi connectivity index (χ1v) is 33.6. The van der Waals surface area contributed by atoms with Crippen LogP contribution in [-0.4, -0.2) is 54.5 Å². The van der Waals surface area contributed by atoms with E-state index in [1.165, 1.54) is 250 Å². The fourth-order valence-corrected chi connectivity index (χ4v) is 9.54. The Balaban J connectivity index is -0.000000302. The van der Waals surface area contributed by atoms with Crippen LogP contribution in [0.3, 0.4) is 0 Å². The molecule has 0 saturated heterocycles. The Hall–Kier alpha value is 1.39. The van der Waals surface area contributed by atoms with Crippen LogP contribution in [0, 0.1) is 0 Å². The molecule has 0 bridgehead atoms. The summed E-state index contributed by atoms with van der Waals surface area (Å²) in [6.45, 7) is 6.91. The number of phosphoric acid groups is 3. The Kier molecular flexibility index (Phi) is 75.2. The van der Waals surface area contributed by atoms with E-state index in [2.05, 4.69) is 34.3 Å². The molecule has 12 nitrogen and oxygen atoms in total. The van der Waals surface area contributed by atoms with Crippen molar-refractivity contribution in [1.82, 2.24) is 0 Å². The predicted molar refractivity (Wildman–Crippen MR) is 291 cm³/mol. The average molecular weight is 1100 g/mol. The fourth-order valence-electron chi connectivity index (χ4n) is 8.48. The SMILES string of the molecule is CCCCCCCCCCCCCCCCCCOP(=O)([O-])[O-].CCCCCCCCCCCCCCCCCCOP(=O)([O-])[O-].CCCCCCCCCCCCCCCCCCOP(=O)([O-])[O-].[Al+3].[Al+3]. The smallest absolute Gasteiger partial charge is 0.790 e. The molecular weight excluding hydrogens is 987 g/mol. The van der Waals surface area contributed by atoms with Crippen molar-refractivity contribution in [3.8, 4) is 0 Å². The van der Waals surface area contributed by atoms with E-state index in [1.807, 2.05) is 0 Å². The summed E-state index contributed by atoms with van der Waals surface area (Å²) in [6, 6.07) is 0. The molecule has 0 fully saturated rings. The van der Waals surface area contributed by atoms with Gasteiger partial charge in [-0.2, -0.15) is 0 Å². The minimum Gasteiger partial charge on any atom is -0.790 e. The maximum atomic E-state index is 10.2. The van der Waals surface area contributed by atoms with Crippen molar-refractivity contribution in [2.45, 2.75) is 329 Å². The first-order valence-electron chi connectivity index (χ1n) is 29.2. The van der Waals surface area contributed by atoms with E-state index < -0.39 is 23.5 Å². The molecule has 0 unspecified atom stereocenters. The van der Waals surface area contributed by atoms with Gasteiger partial charge in [0, 0.05) is 0 Å². The van der Waals surface area contributed by atoms with E-state index in [9.17, 15) is 43.1 Å². The summed E-state index contributed by atoms with van der Waals surface area (Å²) in [5.74, 6) is 0. The molecule has 0 aliphatic heterocycles. The maximum absolute atomic E-state index is 10.2. The first kappa shape index (κ1) is 81.2. The van der Waals surface area contributed by atoms with Gasteiger partial charge in [-0.25, -0.2) is 0 Å². The molecule has 0 aromatic carbocycles. The number of hydrogen-bond acceptors (Lipinski definition) is 12. The number of unbranched alkanes of at least 4 members (excludes halogenated alkanes) is 45. The van der Waals surface area contributed by atoms with E-state index in [0.29, 0.717) is 19.3 Å². The van der Waals surface area contributed by atoms with Gasteiger partial charge in [0.1, 0.15) is 0 Å². The van der Waals surface area contributed by atoms with Gasteiger partial charge < -0.3 is 56.6 Å². The van der Waals surface area contributed by atoms with Crippen LogP contribution in [-0.2, 0) is 27.3 Å². The summed E-state index contributed by atoms with van der Waals surface area (Å²) >= 11 is 0. The normalized spacial score (nSPS) is 11.6. The van der Waals surface area contributed by atoms with E-state index >= 15 is 0 Å². The minimum absolute atomic E-state index is 0. The van der Waals surface area contributed by atoms with Gasteiger partial charge in [-0.15, -0.1) is 0 Å². The topological polar surface area (TPSA) is 217 Å². The molecule has 0 atom stereocenters. The van der Waals surface area contributed by atoms with Crippen LogP contribution in [0.1, 0.15) is 329 Å². The third-order valence-corrected chi connectivity index (χ3v) is 14.2. The molecule has 17 heteroatoms. The van der Waals surface area contributed by atoms with Gasteiger partial charge in [-0.1, -0.05) is 310 Å². The molecule has 0 aromatic heterocycles. The standard InChI is InChI=1S/3C18H39O4P.2Al/c3*1-2-3-4-5-6-7-8-9-10-11-12-13-14-15-16-17-18-22-23(19,20)21;;/h3*2-18H2,1H3,(H2,19,20,21);;/q;;;2*+3/p-6. The average Bonchev–Trinajstić information content (AvgIpc) is 3.29. The van der Waals surface area contributed by atoms with E-state index in [4.69, 9.17) is 0 Å². The zero-order chi connectivity index (χ0) is 51.7. The predicted octanol–water partition coefficient (Wildman–Crippen LogP) is 14.5. The van der Waals surface area contributed by atoms with Crippen molar-refractivity contribution in [1.29, 1.82) is 0 Å². The van der Waals surface area contributed by atoms with Gasteiger partial charge >= 0.3 is 34.7 Å². The second-order valence-electron chi connectivity index (χ2n) is 19.8. The van der Waals surface area contributed by atoms with Crippen molar-refractivity contribution < 1.29 is 56.6 Å². The van der Waals surface area contributed by atoms with Crippen LogP contribution >= 0.6 is 23.5 Å². The van der Waals surface area contributed by atoms with E-state index in [1.54, 1.807) is 0 Å². The molecule has 0 amide bonds. The maximum Gasteiger partial charge on any atom is 3.00 e. The van der Waals surface area contributed by atoms with Crippen LogP contribution in [0.4, 0.5) is 0 Å². The Morgan fingerprint density at radius 3 is 0.408 bits per heavy atom. The Morgan fingerprint density at radius 1 is 0.211 bits per heavy atom. The van der Waals surface area contributed by atoms with Crippen LogP contribution in [0.2, 0.25) is 0 Å². The molecule has 0 radical (unpaired) electrons. The third kappa shape index (κ3) is 91.2. The molecule has 0 heterocycles. The van der Waals surface area contributed by atoms with Crippen molar-refractivity contribution in [2.24, 2.45) is 0 Å². The van der Waals surface area contributed by atoms with Crippen molar-refractivity contribution in [3.63, 3.8) is 0 Å². The Bertz CT molecular complexity index is 981. The van der Waals surface area contributed by atoms with Gasteiger partial charge in [-0.05, 0) is 19.3 Å². The largest absolute Gasteiger partial charge is 3.00 e. The summed E-state index contributed by atoms with van der Waals surface area (Å²) in [6.07, 6.45) is 61.0. The minimum atomic E-state index is -4.76. The molecule has 0 saturated carbocycles. The quantitative estimate of drug-likeness (QED) is 0.0316. The van der Waals surface area contributed by atoms with Gasteiger partial charge in [0.05, 0.1) is 43.3 Å². The van der Waals surface area contributed by atoms with Crippen LogP contribution in [0.25, 0.3) is 0 Å². The van der Waals surface area contributed by atoms with Gasteiger partial charge in [0.2, 0.25) is 0 Å². The molecule has 0 N–H and O–H groups in total. The Morgan fingerprint density at radius 2 is 0.310 bits per heavy atom. The molecule has 420 valence electrons. The number of phosphoric ester groups is 3. The Labute approximate surface area is 461 Å². The van der Waals surface area contributed by atoms with Crippen molar-refractivity contribution >= 4 is 58.2 Å². The fraction of sp³-hybridized carbons (Fsp3) is 1.00. The number of hydrogen-bond donors (Lipinski definition) is 0. The third-order valence-electron chi connectivity index (χ3n) is 12.7. The van der Waals surface area contributed by atoms with Crippen molar-refractivity contribution in [3.05, 3.63) is 0 Å². The molecule has 0 spiro atoms. The summed E-state index contributed by atoms with van der Waals surface area (Å²) in [7, 11) is -14.3. The summed E-state index contributed by atoms with van der Waals surface area (Å²) < 4.78 is 43.3. The summed E-state index contributed by atoms with van der Waals surface area (Å²) in [4.78, 5) is 61.4. The number of rotatable bonds is 54. The van der Waals surface area contributed by atoms with Crippen molar-refractivity contribution in [2.75, 3.05) is 19.8 Å². The van der Waals surface area contributed by atoms with E-state index in [-0.39, 0.29) is 54.5 Å². The zero-order valence-electron chi connectivity index (χ0n) is 46.5. The summed E-state index contributed by atoms with van der Waals surface area (Å²) in [5, 5.41) is 0. The molecule has 0 rings (SSSR count). The second-order valence-corrected chi connectivity index (χ2v) is 23.2.